The number of phenols is 1. The highest BCUT2D eigenvalue weighted by atomic mass is 16.5. The number of carbonyl (C=O) groups is 1. The topological polar surface area (TPSA) is 46.5 Å². The zero-order valence-electron chi connectivity index (χ0n) is 7.07. The van der Waals surface area contributed by atoms with Gasteiger partial charge in [0.2, 0.25) is 0 Å². The smallest absolute Gasteiger partial charge is 0.348 e. The summed E-state index contributed by atoms with van der Waals surface area (Å²) in [5.74, 6) is -0.00329. The summed E-state index contributed by atoms with van der Waals surface area (Å²) >= 11 is 0. The molecule has 1 N–H and O–H groups in total. The second-order valence-corrected chi connectivity index (χ2v) is 2.74. The van der Waals surface area contributed by atoms with Crippen LogP contribution in [0.5, 0.6) is 5.75 Å². The Morgan fingerprint density at radius 3 is 2.92 bits per heavy atom. The van der Waals surface area contributed by atoms with E-state index in [0.29, 0.717) is 11.3 Å². The van der Waals surface area contributed by atoms with Crippen LogP contribution >= 0.6 is 0 Å². The van der Waals surface area contributed by atoms with Crippen LogP contribution in [0.25, 0.3) is 5.76 Å². The van der Waals surface area contributed by atoms with E-state index in [-0.39, 0.29) is 11.3 Å². The van der Waals surface area contributed by atoms with Crippen molar-refractivity contribution in [3.63, 3.8) is 0 Å². The highest BCUT2D eigenvalue weighted by molar-refractivity contribution is 6.05. The van der Waals surface area contributed by atoms with Gasteiger partial charge in [-0.15, -0.1) is 0 Å². The largest absolute Gasteiger partial charge is 0.507 e. The number of esters is 1. The Bertz CT molecular complexity index is 405. The van der Waals surface area contributed by atoms with Gasteiger partial charge in [-0.1, -0.05) is 12.1 Å². The van der Waals surface area contributed by atoms with E-state index in [2.05, 4.69) is 0 Å². The van der Waals surface area contributed by atoms with Crippen LogP contribution in [0.3, 0.4) is 0 Å². The molecule has 0 fully saturated rings. The number of carbonyl (C=O) groups excluding carboxylic acids is 1. The van der Waals surface area contributed by atoms with Crippen LogP contribution in [0.4, 0.5) is 0 Å². The molecule has 0 atom stereocenters. The van der Waals surface area contributed by atoms with Gasteiger partial charge in [0.05, 0.1) is 0 Å². The minimum atomic E-state index is -0.485. The Labute approximate surface area is 75.3 Å². The van der Waals surface area contributed by atoms with E-state index in [9.17, 15) is 9.90 Å². The fourth-order valence-corrected chi connectivity index (χ4v) is 1.38. The predicted molar refractivity (Wildman–Crippen MR) is 47.2 cm³/mol. The molecule has 0 unspecified atom stereocenters. The van der Waals surface area contributed by atoms with E-state index in [1.807, 2.05) is 0 Å². The molecule has 1 aliphatic rings. The lowest BCUT2D eigenvalue weighted by atomic mass is 10.1. The number of hydrogen-bond acceptors (Lipinski definition) is 3. The highest BCUT2D eigenvalue weighted by Crippen LogP contribution is 2.34. The monoisotopic (exact) mass is 176 g/mol. The van der Waals surface area contributed by atoms with Crippen LogP contribution < -0.4 is 0 Å². The molecule has 0 bridgehead atoms. The minimum absolute atomic E-state index is 0.0284. The Kier molecular flexibility index (Phi) is 1.59. The Morgan fingerprint density at radius 1 is 1.46 bits per heavy atom. The molecule has 0 radical (unpaired) electrons. The molecular weight excluding hydrogens is 168 g/mol. The van der Waals surface area contributed by atoms with Crippen molar-refractivity contribution in [2.24, 2.45) is 0 Å². The first-order chi connectivity index (χ1) is 6.24. The number of fused-ring (bicyclic) bond motifs is 1. The van der Waals surface area contributed by atoms with Gasteiger partial charge in [-0.3, -0.25) is 0 Å². The number of hydrogen-bond donors (Lipinski definition) is 1. The van der Waals surface area contributed by atoms with Crippen molar-refractivity contribution in [3.05, 3.63) is 35.4 Å². The van der Waals surface area contributed by atoms with Gasteiger partial charge in [0.15, 0.2) is 0 Å². The molecule has 1 aromatic carbocycles. The summed E-state index contributed by atoms with van der Waals surface area (Å²) in [5, 5.41) is 9.39. The zero-order chi connectivity index (χ0) is 9.42. The second-order valence-electron chi connectivity index (χ2n) is 2.74. The van der Waals surface area contributed by atoms with E-state index < -0.39 is 5.97 Å². The average molecular weight is 176 g/mol. The van der Waals surface area contributed by atoms with Gasteiger partial charge in [-0.05, 0) is 19.1 Å². The lowest BCUT2D eigenvalue weighted by Crippen LogP contribution is -1.93. The molecule has 3 nitrogen and oxygen atoms in total. The number of cyclic esters (lactones) is 1. The normalized spacial score (nSPS) is 17.3. The van der Waals surface area contributed by atoms with Crippen LogP contribution in [0.1, 0.15) is 22.8 Å². The SMILES string of the molecule is CC=C1OC(=O)c2c(O)cccc21. The average Bonchev–Trinajstić information content (AvgIpc) is 2.44. The van der Waals surface area contributed by atoms with E-state index in [1.165, 1.54) is 6.07 Å². The number of benzene rings is 1. The van der Waals surface area contributed by atoms with Crippen molar-refractivity contribution < 1.29 is 14.6 Å². The highest BCUT2D eigenvalue weighted by Gasteiger charge is 2.28. The van der Waals surface area contributed by atoms with E-state index in [4.69, 9.17) is 4.74 Å². The lowest BCUT2D eigenvalue weighted by Gasteiger charge is -1.96. The molecule has 1 aromatic rings. The number of aromatic hydroxyl groups is 1. The van der Waals surface area contributed by atoms with Crippen LogP contribution in [0.2, 0.25) is 0 Å². The maximum atomic E-state index is 11.2. The van der Waals surface area contributed by atoms with Crippen LogP contribution in [0, 0.1) is 0 Å². The van der Waals surface area contributed by atoms with E-state index in [0.717, 1.165) is 0 Å². The molecular formula is C10H8O3. The van der Waals surface area contributed by atoms with Crippen molar-refractivity contribution in [1.29, 1.82) is 0 Å². The summed E-state index contributed by atoms with van der Waals surface area (Å²) in [6.45, 7) is 1.78. The van der Waals surface area contributed by atoms with Crippen molar-refractivity contribution in [1.82, 2.24) is 0 Å². The van der Waals surface area contributed by atoms with Gasteiger partial charge < -0.3 is 9.84 Å². The van der Waals surface area contributed by atoms with E-state index in [1.54, 1.807) is 25.1 Å². The molecule has 2 rings (SSSR count). The number of allylic oxidation sites excluding steroid dienone is 1. The number of phenolic OH excluding ortho intramolecular Hbond substituents is 1. The maximum absolute atomic E-state index is 11.2. The van der Waals surface area contributed by atoms with Crippen LogP contribution in [0.15, 0.2) is 24.3 Å². The Morgan fingerprint density at radius 2 is 2.23 bits per heavy atom. The van der Waals surface area contributed by atoms with Crippen molar-refractivity contribution >= 4 is 11.7 Å². The lowest BCUT2D eigenvalue weighted by molar-refractivity contribution is 0.0713. The van der Waals surface area contributed by atoms with Crippen molar-refractivity contribution in [3.8, 4) is 5.75 Å². The molecule has 66 valence electrons. The van der Waals surface area contributed by atoms with Crippen molar-refractivity contribution in [2.45, 2.75) is 6.92 Å². The summed E-state index contributed by atoms with van der Waals surface area (Å²) in [4.78, 5) is 11.2. The molecule has 0 spiro atoms. The van der Waals surface area contributed by atoms with Gasteiger partial charge in [0, 0.05) is 5.56 Å². The van der Waals surface area contributed by atoms with Gasteiger partial charge >= 0.3 is 5.97 Å². The minimum Gasteiger partial charge on any atom is -0.507 e. The third kappa shape index (κ3) is 1.01. The molecule has 13 heavy (non-hydrogen) atoms. The Balaban J connectivity index is 2.72. The summed E-state index contributed by atoms with van der Waals surface area (Å²) in [7, 11) is 0. The molecule has 1 heterocycles. The quantitative estimate of drug-likeness (QED) is 0.614. The molecule has 0 aliphatic carbocycles. The van der Waals surface area contributed by atoms with Gasteiger partial charge in [-0.2, -0.15) is 0 Å². The molecule has 1 aliphatic heterocycles. The number of rotatable bonds is 0. The number of ether oxygens (including phenoxy) is 1. The maximum Gasteiger partial charge on any atom is 0.348 e. The molecule has 0 aromatic heterocycles. The molecule has 0 saturated heterocycles. The standard InChI is InChI=1S/C10H8O3/c1-2-8-6-4-3-5-7(11)9(6)10(12)13-8/h2-5,11H,1H3. The molecule has 0 amide bonds. The summed E-state index contributed by atoms with van der Waals surface area (Å²) in [5.41, 5.74) is 0.920. The van der Waals surface area contributed by atoms with Crippen molar-refractivity contribution in [2.75, 3.05) is 0 Å². The Hall–Kier alpha value is -1.77. The summed E-state index contributed by atoms with van der Waals surface area (Å²) in [6, 6.07) is 4.90. The summed E-state index contributed by atoms with van der Waals surface area (Å²) in [6.07, 6.45) is 1.70. The third-order valence-corrected chi connectivity index (χ3v) is 1.98. The van der Waals surface area contributed by atoms with Gasteiger partial charge in [0.25, 0.3) is 0 Å². The van der Waals surface area contributed by atoms with Gasteiger partial charge in [0.1, 0.15) is 17.1 Å². The summed E-state index contributed by atoms with van der Waals surface area (Å²) < 4.78 is 4.92. The second kappa shape index (κ2) is 2.62. The fourth-order valence-electron chi connectivity index (χ4n) is 1.38. The molecule has 0 saturated carbocycles. The first-order valence-electron chi connectivity index (χ1n) is 3.95. The predicted octanol–water partition coefficient (Wildman–Crippen LogP) is 1.92. The fraction of sp³-hybridized carbons (Fsp3) is 0.100. The molecule has 3 heteroatoms. The van der Waals surface area contributed by atoms with E-state index >= 15 is 0 Å². The third-order valence-electron chi connectivity index (χ3n) is 1.98. The van der Waals surface area contributed by atoms with Crippen LogP contribution in [-0.2, 0) is 4.74 Å². The first kappa shape index (κ1) is 7.86. The first-order valence-corrected chi connectivity index (χ1v) is 3.95. The van der Waals surface area contributed by atoms with Crippen LogP contribution in [-0.4, -0.2) is 11.1 Å². The zero-order valence-corrected chi connectivity index (χ0v) is 7.07. The van der Waals surface area contributed by atoms with Gasteiger partial charge in [-0.25, -0.2) is 4.79 Å².